The van der Waals surface area contributed by atoms with Crippen molar-refractivity contribution >= 4 is 34.2 Å². The highest BCUT2D eigenvalue weighted by molar-refractivity contribution is 14.1. The SMILES string of the molecule is C=CC1CCCN(c2cc(I)ccc2C(=O)O)C1. The fourth-order valence-electron chi connectivity index (χ4n) is 2.37. The first-order valence-electron chi connectivity index (χ1n) is 6.02. The summed E-state index contributed by atoms with van der Waals surface area (Å²) in [5.74, 6) is -0.402. The van der Waals surface area contributed by atoms with E-state index in [2.05, 4.69) is 34.1 Å². The molecule has 0 aromatic heterocycles. The van der Waals surface area contributed by atoms with Crippen LogP contribution in [-0.2, 0) is 0 Å². The zero-order valence-electron chi connectivity index (χ0n) is 10.1. The normalized spacial score (nSPS) is 19.6. The van der Waals surface area contributed by atoms with E-state index in [9.17, 15) is 9.90 Å². The second-order valence-electron chi connectivity index (χ2n) is 4.55. The lowest BCUT2D eigenvalue weighted by molar-refractivity contribution is 0.0697. The van der Waals surface area contributed by atoms with Crippen molar-refractivity contribution in [3.05, 3.63) is 40.0 Å². The maximum absolute atomic E-state index is 11.3. The van der Waals surface area contributed by atoms with E-state index in [1.165, 1.54) is 0 Å². The summed E-state index contributed by atoms with van der Waals surface area (Å²) in [7, 11) is 0. The van der Waals surface area contributed by atoms with Gasteiger partial charge in [0.1, 0.15) is 0 Å². The van der Waals surface area contributed by atoms with E-state index in [0.717, 1.165) is 35.2 Å². The van der Waals surface area contributed by atoms with Gasteiger partial charge < -0.3 is 10.0 Å². The zero-order chi connectivity index (χ0) is 13.1. The fourth-order valence-corrected chi connectivity index (χ4v) is 2.84. The summed E-state index contributed by atoms with van der Waals surface area (Å²) >= 11 is 2.22. The van der Waals surface area contributed by atoms with Crippen LogP contribution in [0.25, 0.3) is 0 Å². The Morgan fingerprint density at radius 2 is 2.33 bits per heavy atom. The Hall–Kier alpha value is -1.04. The highest BCUT2D eigenvalue weighted by Gasteiger charge is 2.22. The van der Waals surface area contributed by atoms with E-state index in [4.69, 9.17) is 0 Å². The lowest BCUT2D eigenvalue weighted by Crippen LogP contribution is -2.35. The molecule has 3 nitrogen and oxygen atoms in total. The van der Waals surface area contributed by atoms with Gasteiger partial charge in [-0.1, -0.05) is 6.08 Å². The minimum Gasteiger partial charge on any atom is -0.478 e. The van der Waals surface area contributed by atoms with Crippen LogP contribution in [0.15, 0.2) is 30.9 Å². The molecule has 1 aromatic carbocycles. The summed E-state index contributed by atoms with van der Waals surface area (Å²) in [6.45, 7) is 5.63. The molecule has 1 N–H and O–H groups in total. The van der Waals surface area contributed by atoms with Crippen LogP contribution in [0.5, 0.6) is 0 Å². The minimum absolute atomic E-state index is 0.389. The monoisotopic (exact) mass is 357 g/mol. The predicted octanol–water partition coefficient (Wildman–Crippen LogP) is 3.39. The summed E-state index contributed by atoms with van der Waals surface area (Å²) in [5, 5.41) is 9.26. The lowest BCUT2D eigenvalue weighted by Gasteiger charge is -2.34. The average molecular weight is 357 g/mol. The zero-order valence-corrected chi connectivity index (χ0v) is 12.3. The first kappa shape index (κ1) is 13.4. The number of nitrogens with zero attached hydrogens (tertiary/aromatic N) is 1. The Morgan fingerprint density at radius 1 is 1.56 bits per heavy atom. The van der Waals surface area contributed by atoms with E-state index in [-0.39, 0.29) is 0 Å². The number of anilines is 1. The molecule has 0 spiro atoms. The maximum Gasteiger partial charge on any atom is 0.337 e. The van der Waals surface area contributed by atoms with Crippen molar-refractivity contribution in [3.8, 4) is 0 Å². The van der Waals surface area contributed by atoms with Gasteiger partial charge in [0.15, 0.2) is 0 Å². The molecule has 1 aliphatic heterocycles. The highest BCUT2D eigenvalue weighted by atomic mass is 127. The van der Waals surface area contributed by atoms with Crippen molar-refractivity contribution in [2.45, 2.75) is 12.8 Å². The van der Waals surface area contributed by atoms with Crippen molar-refractivity contribution in [2.75, 3.05) is 18.0 Å². The molecule has 2 rings (SSSR count). The third-order valence-electron chi connectivity index (χ3n) is 3.32. The third kappa shape index (κ3) is 2.85. The van der Waals surface area contributed by atoms with Crippen LogP contribution in [0.3, 0.4) is 0 Å². The molecule has 1 saturated heterocycles. The molecule has 18 heavy (non-hydrogen) atoms. The quantitative estimate of drug-likeness (QED) is 0.666. The van der Waals surface area contributed by atoms with Crippen LogP contribution >= 0.6 is 22.6 Å². The molecule has 1 aromatic rings. The van der Waals surface area contributed by atoms with Crippen molar-refractivity contribution in [2.24, 2.45) is 5.92 Å². The maximum atomic E-state index is 11.3. The number of rotatable bonds is 3. The van der Waals surface area contributed by atoms with E-state index < -0.39 is 5.97 Å². The van der Waals surface area contributed by atoms with Gasteiger partial charge in [0.2, 0.25) is 0 Å². The topological polar surface area (TPSA) is 40.5 Å². The number of hydrogen-bond acceptors (Lipinski definition) is 2. The summed E-state index contributed by atoms with van der Waals surface area (Å²) in [6.07, 6.45) is 4.20. The first-order chi connectivity index (χ1) is 8.61. The molecule has 0 amide bonds. The molecule has 1 atom stereocenters. The molecule has 0 radical (unpaired) electrons. The number of piperidine rings is 1. The van der Waals surface area contributed by atoms with Crippen LogP contribution < -0.4 is 4.90 Å². The molecule has 0 saturated carbocycles. The Labute approximate surface area is 121 Å². The van der Waals surface area contributed by atoms with Crippen LogP contribution in [0, 0.1) is 9.49 Å². The molecule has 1 fully saturated rings. The van der Waals surface area contributed by atoms with E-state index in [1.807, 2.05) is 18.2 Å². The summed E-state index contributed by atoms with van der Waals surface area (Å²) in [5.41, 5.74) is 1.22. The molecule has 1 unspecified atom stereocenters. The van der Waals surface area contributed by atoms with Gasteiger partial charge in [0.25, 0.3) is 0 Å². The largest absolute Gasteiger partial charge is 0.478 e. The van der Waals surface area contributed by atoms with Crippen molar-refractivity contribution in [3.63, 3.8) is 0 Å². The number of carboxylic acid groups (broad SMARTS) is 1. The van der Waals surface area contributed by atoms with Gasteiger partial charge in [-0.05, 0) is 59.5 Å². The number of carbonyl (C=O) groups is 1. The second-order valence-corrected chi connectivity index (χ2v) is 5.80. The Kier molecular flexibility index (Phi) is 4.27. The average Bonchev–Trinajstić information content (AvgIpc) is 2.38. The van der Waals surface area contributed by atoms with Gasteiger partial charge in [-0.2, -0.15) is 0 Å². The Morgan fingerprint density at radius 3 is 3.00 bits per heavy atom. The molecular formula is C14H16INO2. The fraction of sp³-hybridized carbons (Fsp3) is 0.357. The summed E-state index contributed by atoms with van der Waals surface area (Å²) in [6, 6.07) is 5.48. The molecule has 0 bridgehead atoms. The lowest BCUT2D eigenvalue weighted by atomic mass is 9.97. The Bertz CT molecular complexity index is 473. The van der Waals surface area contributed by atoms with Crippen LogP contribution in [0.4, 0.5) is 5.69 Å². The van der Waals surface area contributed by atoms with Crippen molar-refractivity contribution in [1.29, 1.82) is 0 Å². The number of carboxylic acids is 1. The smallest absolute Gasteiger partial charge is 0.337 e. The van der Waals surface area contributed by atoms with Gasteiger partial charge >= 0.3 is 5.97 Å². The Balaban J connectivity index is 2.33. The van der Waals surface area contributed by atoms with Crippen LogP contribution in [0.1, 0.15) is 23.2 Å². The van der Waals surface area contributed by atoms with Crippen molar-refractivity contribution in [1.82, 2.24) is 0 Å². The first-order valence-corrected chi connectivity index (χ1v) is 7.10. The van der Waals surface area contributed by atoms with Gasteiger partial charge in [-0.3, -0.25) is 0 Å². The van der Waals surface area contributed by atoms with E-state index >= 15 is 0 Å². The summed E-state index contributed by atoms with van der Waals surface area (Å²) in [4.78, 5) is 13.4. The summed E-state index contributed by atoms with van der Waals surface area (Å²) < 4.78 is 1.06. The van der Waals surface area contributed by atoms with E-state index in [1.54, 1.807) is 6.07 Å². The van der Waals surface area contributed by atoms with E-state index in [0.29, 0.717) is 11.5 Å². The van der Waals surface area contributed by atoms with Crippen LogP contribution in [0.2, 0.25) is 0 Å². The number of benzene rings is 1. The van der Waals surface area contributed by atoms with Crippen molar-refractivity contribution < 1.29 is 9.90 Å². The molecule has 1 heterocycles. The molecular weight excluding hydrogens is 341 g/mol. The number of halogens is 1. The highest BCUT2D eigenvalue weighted by Crippen LogP contribution is 2.28. The van der Waals surface area contributed by atoms with Crippen LogP contribution in [-0.4, -0.2) is 24.2 Å². The molecule has 0 aliphatic carbocycles. The number of aromatic carboxylic acids is 1. The molecule has 96 valence electrons. The van der Waals surface area contributed by atoms with Gasteiger partial charge in [-0.25, -0.2) is 4.79 Å². The van der Waals surface area contributed by atoms with Gasteiger partial charge in [-0.15, -0.1) is 6.58 Å². The third-order valence-corrected chi connectivity index (χ3v) is 3.99. The van der Waals surface area contributed by atoms with Gasteiger partial charge in [0.05, 0.1) is 11.3 Å². The molecule has 4 heteroatoms. The van der Waals surface area contributed by atoms with Gasteiger partial charge in [0, 0.05) is 16.7 Å². The standard InChI is InChI=1S/C14H16INO2/c1-2-10-4-3-7-16(9-10)13-8-11(15)5-6-12(13)14(17)18/h2,5-6,8,10H,1,3-4,7,9H2,(H,17,18). The minimum atomic E-state index is -0.859. The predicted molar refractivity (Wildman–Crippen MR) is 81.3 cm³/mol. The second kappa shape index (κ2) is 5.73. The number of hydrogen-bond donors (Lipinski definition) is 1. The molecule has 1 aliphatic rings.